The molecule has 0 heterocycles. The van der Waals surface area contributed by atoms with Gasteiger partial charge in [0.2, 0.25) is 5.91 Å². The Bertz CT molecular complexity index is 755. The molecule has 0 fully saturated rings. The molecule has 0 aromatic heterocycles. The van der Waals surface area contributed by atoms with E-state index in [9.17, 15) is 4.79 Å². The smallest absolute Gasteiger partial charge is 0.238 e. The Kier molecular flexibility index (Phi) is 7.11. The Balaban J connectivity index is 1.91. The Hall–Kier alpha value is -1.76. The number of halogens is 2. The van der Waals surface area contributed by atoms with Crippen molar-refractivity contribution < 1.29 is 14.3 Å². The molecule has 5 nitrogen and oxygen atoms in total. The molecule has 0 aliphatic rings. The number of benzene rings is 2. The molecule has 0 aliphatic heterocycles. The Morgan fingerprint density at radius 2 is 1.84 bits per heavy atom. The Morgan fingerprint density at radius 3 is 2.44 bits per heavy atom. The van der Waals surface area contributed by atoms with Crippen LogP contribution in [0.3, 0.4) is 0 Å². The fraction of sp³-hybridized carbons (Fsp3) is 0.278. The van der Waals surface area contributed by atoms with Gasteiger partial charge >= 0.3 is 0 Å². The van der Waals surface area contributed by atoms with Crippen LogP contribution in [0.2, 0.25) is 5.02 Å². The SMILES string of the molecule is COc1ccc(NC(=O)CNC(C)c2ccc(OC)c(Br)c2)cc1Cl. The summed E-state index contributed by atoms with van der Waals surface area (Å²) >= 11 is 9.52. The quantitative estimate of drug-likeness (QED) is 0.687. The molecular formula is C18H20BrClN2O3. The maximum absolute atomic E-state index is 12.1. The molecule has 134 valence electrons. The minimum Gasteiger partial charge on any atom is -0.496 e. The minimum atomic E-state index is -0.152. The van der Waals surface area contributed by atoms with Gasteiger partial charge in [-0.3, -0.25) is 4.79 Å². The lowest BCUT2D eigenvalue weighted by molar-refractivity contribution is -0.115. The van der Waals surface area contributed by atoms with Crippen LogP contribution in [-0.4, -0.2) is 26.7 Å². The topological polar surface area (TPSA) is 59.6 Å². The van der Waals surface area contributed by atoms with Crippen molar-refractivity contribution in [1.29, 1.82) is 0 Å². The standard InChI is InChI=1S/C18H20BrClN2O3/c1-11(12-4-6-16(24-2)14(19)8-12)21-10-18(23)22-13-5-7-17(25-3)15(20)9-13/h4-9,11,21H,10H2,1-3H3,(H,22,23). The number of hydrogen-bond donors (Lipinski definition) is 2. The van der Waals surface area contributed by atoms with Gasteiger partial charge in [-0.1, -0.05) is 17.7 Å². The molecular weight excluding hydrogens is 408 g/mol. The molecule has 1 atom stereocenters. The predicted molar refractivity (Wildman–Crippen MR) is 104 cm³/mol. The van der Waals surface area contributed by atoms with E-state index in [2.05, 4.69) is 26.6 Å². The zero-order valence-electron chi connectivity index (χ0n) is 14.2. The van der Waals surface area contributed by atoms with Crippen LogP contribution in [-0.2, 0) is 4.79 Å². The van der Waals surface area contributed by atoms with Gasteiger partial charge in [-0.2, -0.15) is 0 Å². The average Bonchev–Trinajstić information content (AvgIpc) is 2.59. The largest absolute Gasteiger partial charge is 0.496 e. The number of methoxy groups -OCH3 is 2. The molecule has 2 rings (SSSR count). The Morgan fingerprint density at radius 1 is 1.16 bits per heavy atom. The van der Waals surface area contributed by atoms with Gasteiger partial charge in [-0.15, -0.1) is 0 Å². The maximum Gasteiger partial charge on any atom is 0.238 e. The van der Waals surface area contributed by atoms with Gasteiger partial charge in [-0.25, -0.2) is 0 Å². The molecule has 1 unspecified atom stereocenters. The van der Waals surface area contributed by atoms with E-state index in [1.165, 1.54) is 0 Å². The number of anilines is 1. The van der Waals surface area contributed by atoms with E-state index in [-0.39, 0.29) is 18.5 Å². The number of ether oxygens (including phenoxy) is 2. The Labute approximate surface area is 160 Å². The summed E-state index contributed by atoms with van der Waals surface area (Å²) in [6.07, 6.45) is 0. The number of amides is 1. The highest BCUT2D eigenvalue weighted by Gasteiger charge is 2.11. The molecule has 0 saturated heterocycles. The van der Waals surface area contributed by atoms with Crippen molar-refractivity contribution in [1.82, 2.24) is 5.32 Å². The summed E-state index contributed by atoms with van der Waals surface area (Å²) in [5.41, 5.74) is 1.67. The number of carbonyl (C=O) groups excluding carboxylic acids is 1. The van der Waals surface area contributed by atoms with E-state index in [0.29, 0.717) is 16.5 Å². The molecule has 0 spiro atoms. The highest BCUT2D eigenvalue weighted by Crippen LogP contribution is 2.28. The van der Waals surface area contributed by atoms with Gasteiger partial charge in [0, 0.05) is 11.7 Å². The maximum atomic E-state index is 12.1. The van der Waals surface area contributed by atoms with Gasteiger partial charge < -0.3 is 20.1 Å². The zero-order chi connectivity index (χ0) is 18.4. The first-order chi connectivity index (χ1) is 11.9. The first kappa shape index (κ1) is 19.6. The van der Waals surface area contributed by atoms with Crippen LogP contribution in [0.15, 0.2) is 40.9 Å². The summed E-state index contributed by atoms with van der Waals surface area (Å²) in [5.74, 6) is 1.18. The van der Waals surface area contributed by atoms with Gasteiger partial charge in [0.05, 0.1) is 30.3 Å². The summed E-state index contributed by atoms with van der Waals surface area (Å²) in [4.78, 5) is 12.1. The zero-order valence-corrected chi connectivity index (χ0v) is 16.6. The van der Waals surface area contributed by atoms with Crippen LogP contribution in [0.5, 0.6) is 11.5 Å². The van der Waals surface area contributed by atoms with Crippen molar-refractivity contribution in [3.05, 3.63) is 51.5 Å². The molecule has 0 aliphatic carbocycles. The summed E-state index contributed by atoms with van der Waals surface area (Å²) in [6, 6.07) is 10.9. The van der Waals surface area contributed by atoms with Crippen LogP contribution in [0, 0.1) is 0 Å². The van der Waals surface area contributed by atoms with Gasteiger partial charge in [0.15, 0.2) is 0 Å². The molecule has 2 aromatic carbocycles. The van der Waals surface area contributed by atoms with Crippen LogP contribution in [0.4, 0.5) is 5.69 Å². The summed E-state index contributed by atoms with van der Waals surface area (Å²) in [6.45, 7) is 2.17. The number of hydrogen-bond acceptors (Lipinski definition) is 4. The third-order valence-electron chi connectivity index (χ3n) is 3.68. The second-order valence-corrected chi connectivity index (χ2v) is 6.66. The first-order valence-electron chi connectivity index (χ1n) is 7.64. The van der Waals surface area contributed by atoms with E-state index in [1.54, 1.807) is 32.4 Å². The van der Waals surface area contributed by atoms with Crippen molar-refractivity contribution in [2.75, 3.05) is 26.1 Å². The van der Waals surface area contributed by atoms with Crippen LogP contribution < -0.4 is 20.1 Å². The lowest BCUT2D eigenvalue weighted by Crippen LogP contribution is -2.30. The van der Waals surface area contributed by atoms with E-state index in [4.69, 9.17) is 21.1 Å². The van der Waals surface area contributed by atoms with Crippen molar-refractivity contribution in [2.45, 2.75) is 13.0 Å². The van der Waals surface area contributed by atoms with E-state index >= 15 is 0 Å². The van der Waals surface area contributed by atoms with E-state index in [0.717, 1.165) is 15.8 Å². The molecule has 7 heteroatoms. The molecule has 0 bridgehead atoms. The normalized spacial score (nSPS) is 11.7. The molecule has 1 amide bonds. The van der Waals surface area contributed by atoms with Gasteiger partial charge in [-0.05, 0) is 58.7 Å². The highest BCUT2D eigenvalue weighted by atomic mass is 79.9. The van der Waals surface area contributed by atoms with Crippen LogP contribution in [0.1, 0.15) is 18.5 Å². The summed E-state index contributed by atoms with van der Waals surface area (Å²) in [5, 5.41) is 6.44. The van der Waals surface area contributed by atoms with Crippen molar-refractivity contribution in [2.24, 2.45) is 0 Å². The fourth-order valence-electron chi connectivity index (χ4n) is 2.26. The molecule has 2 N–H and O–H groups in total. The molecule has 2 aromatic rings. The van der Waals surface area contributed by atoms with Gasteiger partial charge in [0.1, 0.15) is 11.5 Å². The molecule has 0 saturated carbocycles. The van der Waals surface area contributed by atoms with E-state index < -0.39 is 0 Å². The lowest BCUT2D eigenvalue weighted by Gasteiger charge is -2.15. The van der Waals surface area contributed by atoms with Crippen molar-refractivity contribution >= 4 is 39.1 Å². The van der Waals surface area contributed by atoms with Gasteiger partial charge in [0.25, 0.3) is 0 Å². The summed E-state index contributed by atoms with van der Waals surface area (Å²) in [7, 11) is 3.17. The average molecular weight is 428 g/mol. The van der Waals surface area contributed by atoms with Crippen LogP contribution >= 0.6 is 27.5 Å². The number of carbonyl (C=O) groups is 1. The summed E-state index contributed by atoms with van der Waals surface area (Å²) < 4.78 is 11.2. The first-order valence-corrected chi connectivity index (χ1v) is 8.82. The molecule has 25 heavy (non-hydrogen) atoms. The van der Waals surface area contributed by atoms with Crippen molar-refractivity contribution in [3.8, 4) is 11.5 Å². The second-order valence-electron chi connectivity index (χ2n) is 5.39. The number of nitrogens with one attached hydrogen (secondary N) is 2. The fourth-order valence-corrected chi connectivity index (χ4v) is 3.08. The predicted octanol–water partition coefficient (Wildman–Crippen LogP) is 4.41. The third kappa shape index (κ3) is 5.36. The third-order valence-corrected chi connectivity index (χ3v) is 4.60. The van der Waals surface area contributed by atoms with Crippen molar-refractivity contribution in [3.63, 3.8) is 0 Å². The van der Waals surface area contributed by atoms with E-state index in [1.807, 2.05) is 25.1 Å². The monoisotopic (exact) mass is 426 g/mol. The lowest BCUT2D eigenvalue weighted by atomic mass is 10.1. The second kappa shape index (κ2) is 9.08. The minimum absolute atomic E-state index is 0.00686. The highest BCUT2D eigenvalue weighted by molar-refractivity contribution is 9.10. The molecule has 0 radical (unpaired) electrons. The number of rotatable bonds is 7. The van der Waals surface area contributed by atoms with Crippen LogP contribution in [0.25, 0.3) is 0 Å².